The molecule has 0 aliphatic rings. The number of nitrogens with zero attached hydrogens (tertiary/aromatic N) is 1. The van der Waals surface area contributed by atoms with Gasteiger partial charge in [0.1, 0.15) is 4.88 Å². The monoisotopic (exact) mass is 278 g/mol. The predicted molar refractivity (Wildman–Crippen MR) is 54.3 cm³/mol. The molecule has 0 spiro atoms. The van der Waals surface area contributed by atoms with Gasteiger partial charge in [0.15, 0.2) is 5.69 Å². The van der Waals surface area contributed by atoms with Gasteiger partial charge in [0.2, 0.25) is 0 Å². The SMILES string of the molecule is CCOC(=O)c1snc(C(N)=O)c1Br. The van der Waals surface area contributed by atoms with Gasteiger partial charge in [-0.25, -0.2) is 4.79 Å². The molecule has 0 saturated heterocycles. The maximum absolute atomic E-state index is 11.3. The summed E-state index contributed by atoms with van der Waals surface area (Å²) in [5.41, 5.74) is 5.08. The summed E-state index contributed by atoms with van der Waals surface area (Å²) < 4.78 is 8.79. The van der Waals surface area contributed by atoms with Gasteiger partial charge in [0.25, 0.3) is 5.91 Å². The number of halogens is 1. The van der Waals surface area contributed by atoms with Crippen molar-refractivity contribution >= 4 is 39.3 Å². The lowest BCUT2D eigenvalue weighted by Gasteiger charge is -1.97. The molecule has 0 saturated carbocycles. The summed E-state index contributed by atoms with van der Waals surface area (Å²) in [6.07, 6.45) is 0. The normalized spacial score (nSPS) is 9.86. The molecule has 1 amide bonds. The Kier molecular flexibility index (Phi) is 3.59. The number of esters is 1. The molecule has 0 bridgehead atoms. The molecule has 0 aliphatic carbocycles. The summed E-state index contributed by atoms with van der Waals surface area (Å²) in [5, 5.41) is 0. The van der Waals surface area contributed by atoms with Crippen molar-refractivity contribution in [3.63, 3.8) is 0 Å². The van der Waals surface area contributed by atoms with E-state index in [1.807, 2.05) is 0 Å². The molecule has 0 atom stereocenters. The van der Waals surface area contributed by atoms with Gasteiger partial charge in [-0.15, -0.1) is 0 Å². The zero-order valence-electron chi connectivity index (χ0n) is 7.24. The Balaban J connectivity index is 3.00. The molecular formula is C7H7BrN2O3S. The van der Waals surface area contributed by atoms with E-state index in [2.05, 4.69) is 20.3 Å². The van der Waals surface area contributed by atoms with E-state index >= 15 is 0 Å². The molecule has 1 aromatic rings. The predicted octanol–water partition coefficient (Wildman–Crippen LogP) is 1.18. The van der Waals surface area contributed by atoms with Gasteiger partial charge in [-0.1, -0.05) is 0 Å². The fourth-order valence-electron chi connectivity index (χ4n) is 0.756. The molecule has 76 valence electrons. The van der Waals surface area contributed by atoms with Crippen LogP contribution in [0.5, 0.6) is 0 Å². The Bertz CT molecular complexity index is 377. The molecule has 1 aromatic heterocycles. The fraction of sp³-hybridized carbons (Fsp3) is 0.286. The van der Waals surface area contributed by atoms with E-state index in [9.17, 15) is 9.59 Å². The lowest BCUT2D eigenvalue weighted by Crippen LogP contribution is -2.12. The minimum atomic E-state index is -0.677. The van der Waals surface area contributed by atoms with Crippen molar-refractivity contribution in [3.05, 3.63) is 15.0 Å². The van der Waals surface area contributed by atoms with Crippen molar-refractivity contribution in [1.82, 2.24) is 4.37 Å². The van der Waals surface area contributed by atoms with Crippen LogP contribution in [0.15, 0.2) is 4.47 Å². The van der Waals surface area contributed by atoms with Gasteiger partial charge in [-0.2, -0.15) is 4.37 Å². The minimum absolute atomic E-state index is 0.0538. The number of carbonyl (C=O) groups excluding carboxylic acids is 2. The largest absolute Gasteiger partial charge is 0.462 e. The summed E-state index contributed by atoms with van der Waals surface area (Å²) in [5.74, 6) is -1.19. The molecule has 2 N–H and O–H groups in total. The lowest BCUT2D eigenvalue weighted by atomic mass is 10.3. The molecular weight excluding hydrogens is 272 g/mol. The Morgan fingerprint density at radius 3 is 2.71 bits per heavy atom. The first-order chi connectivity index (χ1) is 6.57. The van der Waals surface area contributed by atoms with Crippen LogP contribution in [0.2, 0.25) is 0 Å². The number of carbonyl (C=O) groups is 2. The van der Waals surface area contributed by atoms with Crippen LogP contribution in [-0.4, -0.2) is 22.9 Å². The zero-order valence-corrected chi connectivity index (χ0v) is 9.65. The van der Waals surface area contributed by atoms with Crippen molar-refractivity contribution in [2.45, 2.75) is 6.92 Å². The van der Waals surface area contributed by atoms with Gasteiger partial charge in [0.05, 0.1) is 11.1 Å². The number of ether oxygens (including phenoxy) is 1. The maximum atomic E-state index is 11.3. The summed E-state index contributed by atoms with van der Waals surface area (Å²) >= 11 is 3.95. The first-order valence-corrected chi connectivity index (χ1v) is 5.26. The fourth-order valence-corrected chi connectivity index (χ4v) is 2.21. The van der Waals surface area contributed by atoms with Crippen molar-refractivity contribution < 1.29 is 14.3 Å². The lowest BCUT2D eigenvalue weighted by molar-refractivity contribution is 0.0531. The quantitative estimate of drug-likeness (QED) is 0.842. The molecule has 7 heteroatoms. The number of hydrogen-bond donors (Lipinski definition) is 1. The number of primary amides is 1. The molecule has 0 aliphatic heterocycles. The van der Waals surface area contributed by atoms with E-state index in [1.165, 1.54) is 0 Å². The first kappa shape index (κ1) is 11.1. The van der Waals surface area contributed by atoms with E-state index in [0.29, 0.717) is 4.47 Å². The number of aromatic nitrogens is 1. The third-order valence-electron chi connectivity index (χ3n) is 1.33. The highest BCUT2D eigenvalue weighted by Gasteiger charge is 2.21. The van der Waals surface area contributed by atoms with E-state index < -0.39 is 11.9 Å². The highest BCUT2D eigenvalue weighted by atomic mass is 79.9. The van der Waals surface area contributed by atoms with Crippen molar-refractivity contribution in [3.8, 4) is 0 Å². The average Bonchev–Trinajstić information content (AvgIpc) is 2.47. The van der Waals surface area contributed by atoms with Crippen LogP contribution >= 0.6 is 27.5 Å². The number of amides is 1. The van der Waals surface area contributed by atoms with E-state index in [-0.39, 0.29) is 17.2 Å². The Labute approximate surface area is 92.5 Å². The minimum Gasteiger partial charge on any atom is -0.462 e. The first-order valence-electron chi connectivity index (χ1n) is 3.70. The Morgan fingerprint density at radius 2 is 2.29 bits per heavy atom. The van der Waals surface area contributed by atoms with E-state index in [4.69, 9.17) is 10.5 Å². The van der Waals surface area contributed by atoms with Gasteiger partial charge in [-0.3, -0.25) is 4.79 Å². The van der Waals surface area contributed by atoms with E-state index in [0.717, 1.165) is 11.5 Å². The molecule has 0 fully saturated rings. The van der Waals surface area contributed by atoms with Gasteiger partial charge in [-0.05, 0) is 34.4 Å². The van der Waals surface area contributed by atoms with Crippen LogP contribution in [0.1, 0.15) is 27.1 Å². The van der Waals surface area contributed by atoms with Gasteiger partial charge < -0.3 is 10.5 Å². The van der Waals surface area contributed by atoms with Crippen LogP contribution in [0.3, 0.4) is 0 Å². The van der Waals surface area contributed by atoms with E-state index in [1.54, 1.807) is 6.92 Å². The summed E-state index contributed by atoms with van der Waals surface area (Å²) in [4.78, 5) is 22.3. The highest BCUT2D eigenvalue weighted by molar-refractivity contribution is 9.10. The number of rotatable bonds is 3. The highest BCUT2D eigenvalue weighted by Crippen LogP contribution is 2.25. The van der Waals surface area contributed by atoms with Crippen LogP contribution < -0.4 is 5.73 Å². The van der Waals surface area contributed by atoms with Gasteiger partial charge in [0, 0.05) is 0 Å². The summed E-state index contributed by atoms with van der Waals surface area (Å²) in [6, 6.07) is 0. The molecule has 0 radical (unpaired) electrons. The summed E-state index contributed by atoms with van der Waals surface area (Å²) in [7, 11) is 0. The second-order valence-corrected chi connectivity index (χ2v) is 3.83. The standard InChI is InChI=1S/C7H7BrN2O3S/c1-2-13-7(12)5-3(8)4(6(9)11)10-14-5/h2H2,1H3,(H2,9,11). The average molecular weight is 279 g/mol. The second kappa shape index (κ2) is 4.52. The summed E-state index contributed by atoms with van der Waals surface area (Å²) in [6.45, 7) is 1.97. The third-order valence-corrected chi connectivity index (χ3v) is 3.19. The van der Waals surface area contributed by atoms with Crippen molar-refractivity contribution in [2.75, 3.05) is 6.61 Å². The zero-order chi connectivity index (χ0) is 10.7. The molecule has 0 aromatic carbocycles. The Hall–Kier alpha value is -0.950. The van der Waals surface area contributed by atoms with Gasteiger partial charge >= 0.3 is 5.97 Å². The smallest absolute Gasteiger partial charge is 0.351 e. The number of hydrogen-bond acceptors (Lipinski definition) is 5. The number of nitrogens with two attached hydrogens (primary N) is 1. The van der Waals surface area contributed by atoms with Crippen molar-refractivity contribution in [2.24, 2.45) is 5.73 Å². The van der Waals surface area contributed by atoms with Crippen LogP contribution in [0, 0.1) is 0 Å². The topological polar surface area (TPSA) is 82.3 Å². The molecule has 5 nitrogen and oxygen atoms in total. The molecule has 14 heavy (non-hydrogen) atoms. The molecule has 1 rings (SSSR count). The second-order valence-electron chi connectivity index (χ2n) is 2.26. The van der Waals surface area contributed by atoms with Crippen LogP contribution in [0.25, 0.3) is 0 Å². The third kappa shape index (κ3) is 2.10. The Morgan fingerprint density at radius 1 is 1.64 bits per heavy atom. The van der Waals surface area contributed by atoms with Crippen molar-refractivity contribution in [1.29, 1.82) is 0 Å². The van der Waals surface area contributed by atoms with Crippen LogP contribution in [-0.2, 0) is 4.74 Å². The molecule has 0 unspecified atom stereocenters. The molecule has 1 heterocycles. The maximum Gasteiger partial charge on any atom is 0.351 e. The van der Waals surface area contributed by atoms with Crippen LogP contribution in [0.4, 0.5) is 0 Å².